The SMILES string of the molecule is CCCOc1nc(Cl)nc(N(C)CC2(O)CCCC2)n1. The Kier molecular flexibility index (Phi) is 4.99. The molecule has 2 rings (SSSR count). The summed E-state index contributed by atoms with van der Waals surface area (Å²) in [7, 11) is 1.84. The van der Waals surface area contributed by atoms with Gasteiger partial charge >= 0.3 is 6.01 Å². The molecule has 1 heterocycles. The van der Waals surface area contributed by atoms with Crippen LogP contribution < -0.4 is 9.64 Å². The highest BCUT2D eigenvalue weighted by Gasteiger charge is 2.33. The van der Waals surface area contributed by atoms with Crippen molar-refractivity contribution in [2.45, 2.75) is 44.6 Å². The molecule has 0 atom stereocenters. The summed E-state index contributed by atoms with van der Waals surface area (Å²) in [5.74, 6) is 0.427. The standard InChI is InChI=1S/C13H21ClN4O2/c1-3-8-20-12-16-10(14)15-11(17-12)18(2)9-13(19)6-4-5-7-13/h19H,3-9H2,1-2H3. The van der Waals surface area contributed by atoms with Crippen molar-refractivity contribution in [3.63, 3.8) is 0 Å². The maximum atomic E-state index is 10.4. The molecule has 1 aromatic rings. The zero-order valence-corrected chi connectivity index (χ0v) is 12.7. The van der Waals surface area contributed by atoms with Gasteiger partial charge in [0.1, 0.15) is 0 Å². The van der Waals surface area contributed by atoms with Crippen LogP contribution in [0.5, 0.6) is 6.01 Å². The number of hydrogen-bond donors (Lipinski definition) is 1. The number of halogens is 1. The van der Waals surface area contributed by atoms with Gasteiger partial charge in [-0.2, -0.15) is 15.0 Å². The van der Waals surface area contributed by atoms with E-state index in [0.29, 0.717) is 19.1 Å². The number of rotatable bonds is 6. The van der Waals surface area contributed by atoms with Gasteiger partial charge in [0.05, 0.1) is 12.2 Å². The average Bonchev–Trinajstić information content (AvgIpc) is 2.82. The summed E-state index contributed by atoms with van der Waals surface area (Å²) >= 11 is 5.89. The molecule has 0 amide bonds. The number of aromatic nitrogens is 3. The zero-order valence-electron chi connectivity index (χ0n) is 12.0. The lowest BCUT2D eigenvalue weighted by atomic mass is 10.0. The molecule has 7 heteroatoms. The molecule has 1 aromatic heterocycles. The molecule has 0 saturated heterocycles. The molecule has 6 nitrogen and oxygen atoms in total. The Hall–Kier alpha value is -1.14. The summed E-state index contributed by atoms with van der Waals surface area (Å²) in [4.78, 5) is 14.1. The van der Waals surface area contributed by atoms with E-state index in [9.17, 15) is 5.11 Å². The Bertz CT molecular complexity index is 452. The predicted molar refractivity (Wildman–Crippen MR) is 77.3 cm³/mol. The van der Waals surface area contributed by atoms with Gasteiger partial charge in [-0.1, -0.05) is 19.8 Å². The van der Waals surface area contributed by atoms with Gasteiger partial charge in [-0.3, -0.25) is 0 Å². The maximum Gasteiger partial charge on any atom is 0.322 e. The smallest absolute Gasteiger partial charge is 0.322 e. The summed E-state index contributed by atoms with van der Waals surface area (Å²) in [5.41, 5.74) is -0.654. The van der Waals surface area contributed by atoms with Gasteiger partial charge < -0.3 is 14.7 Å². The van der Waals surface area contributed by atoms with Gasteiger partial charge in [-0.05, 0) is 30.9 Å². The predicted octanol–water partition coefficient (Wildman–Crippen LogP) is 2.06. The summed E-state index contributed by atoms with van der Waals surface area (Å²) in [6, 6.07) is 0.229. The van der Waals surface area contributed by atoms with Crippen LogP contribution in [0.25, 0.3) is 0 Å². The van der Waals surface area contributed by atoms with E-state index in [1.54, 1.807) is 4.90 Å². The zero-order chi connectivity index (χ0) is 14.6. The summed E-state index contributed by atoms with van der Waals surface area (Å²) in [6.45, 7) is 3.03. The molecule has 0 radical (unpaired) electrons. The van der Waals surface area contributed by atoms with Crippen molar-refractivity contribution in [1.29, 1.82) is 0 Å². The topological polar surface area (TPSA) is 71.4 Å². The normalized spacial score (nSPS) is 17.2. The van der Waals surface area contributed by atoms with Gasteiger partial charge in [0.2, 0.25) is 11.2 Å². The number of likely N-dealkylation sites (N-methyl/N-ethyl adjacent to an activating group) is 1. The van der Waals surface area contributed by atoms with Crippen molar-refractivity contribution >= 4 is 17.5 Å². The van der Waals surface area contributed by atoms with Gasteiger partial charge in [0.25, 0.3) is 0 Å². The molecule has 0 bridgehead atoms. The molecule has 0 aromatic carbocycles. The molecule has 1 aliphatic carbocycles. The summed E-state index contributed by atoms with van der Waals surface area (Å²) in [5, 5.41) is 10.5. The van der Waals surface area contributed by atoms with E-state index in [4.69, 9.17) is 16.3 Å². The van der Waals surface area contributed by atoms with E-state index in [-0.39, 0.29) is 11.3 Å². The first-order chi connectivity index (χ1) is 9.52. The average molecular weight is 301 g/mol. The maximum absolute atomic E-state index is 10.4. The highest BCUT2D eigenvalue weighted by Crippen LogP contribution is 2.30. The number of anilines is 1. The third-order valence-corrected chi connectivity index (χ3v) is 3.59. The van der Waals surface area contributed by atoms with Crippen LogP contribution in [0.15, 0.2) is 0 Å². The van der Waals surface area contributed by atoms with Crippen molar-refractivity contribution in [3.05, 3.63) is 5.28 Å². The fourth-order valence-electron chi connectivity index (χ4n) is 2.45. The Balaban J connectivity index is 2.08. The lowest BCUT2D eigenvalue weighted by molar-refractivity contribution is 0.0556. The quantitative estimate of drug-likeness (QED) is 0.867. The Morgan fingerprint density at radius 1 is 1.30 bits per heavy atom. The van der Waals surface area contributed by atoms with E-state index in [1.165, 1.54) is 0 Å². The van der Waals surface area contributed by atoms with Crippen molar-refractivity contribution in [2.75, 3.05) is 25.1 Å². The summed E-state index contributed by atoms with van der Waals surface area (Å²) < 4.78 is 5.39. The first-order valence-electron chi connectivity index (χ1n) is 7.00. The van der Waals surface area contributed by atoms with Gasteiger partial charge in [-0.15, -0.1) is 0 Å². The first kappa shape index (κ1) is 15.3. The molecule has 0 spiro atoms. The Morgan fingerprint density at radius 3 is 2.65 bits per heavy atom. The summed E-state index contributed by atoms with van der Waals surface area (Å²) in [6.07, 6.45) is 4.62. The Morgan fingerprint density at radius 2 is 2.00 bits per heavy atom. The van der Waals surface area contributed by atoms with E-state index in [0.717, 1.165) is 32.1 Å². The highest BCUT2D eigenvalue weighted by atomic mass is 35.5. The minimum Gasteiger partial charge on any atom is -0.463 e. The lowest BCUT2D eigenvalue weighted by Crippen LogP contribution is -2.40. The third-order valence-electron chi connectivity index (χ3n) is 3.42. The minimum atomic E-state index is -0.654. The van der Waals surface area contributed by atoms with Crippen LogP contribution in [-0.2, 0) is 0 Å². The van der Waals surface area contributed by atoms with Crippen LogP contribution in [-0.4, -0.2) is 45.9 Å². The fourth-order valence-corrected chi connectivity index (χ4v) is 2.60. The number of aliphatic hydroxyl groups is 1. The van der Waals surface area contributed by atoms with E-state index in [1.807, 2.05) is 14.0 Å². The molecule has 1 saturated carbocycles. The van der Waals surface area contributed by atoms with Gasteiger partial charge in [0.15, 0.2) is 0 Å². The number of ether oxygens (including phenoxy) is 1. The van der Waals surface area contributed by atoms with Crippen molar-refractivity contribution in [1.82, 2.24) is 15.0 Å². The minimum absolute atomic E-state index is 0.103. The van der Waals surface area contributed by atoms with Crippen molar-refractivity contribution in [2.24, 2.45) is 0 Å². The van der Waals surface area contributed by atoms with E-state index < -0.39 is 5.60 Å². The second-order valence-corrected chi connectivity index (χ2v) is 5.66. The van der Waals surface area contributed by atoms with Crippen LogP contribution >= 0.6 is 11.6 Å². The van der Waals surface area contributed by atoms with Gasteiger partial charge in [0, 0.05) is 13.6 Å². The molecule has 20 heavy (non-hydrogen) atoms. The molecule has 112 valence electrons. The molecule has 1 N–H and O–H groups in total. The lowest BCUT2D eigenvalue weighted by Gasteiger charge is -2.28. The monoisotopic (exact) mass is 300 g/mol. The molecule has 1 fully saturated rings. The molecule has 0 aliphatic heterocycles. The van der Waals surface area contributed by atoms with Crippen molar-refractivity contribution in [3.8, 4) is 6.01 Å². The molecule has 1 aliphatic rings. The Labute approximate surface area is 124 Å². The van der Waals surface area contributed by atoms with Crippen LogP contribution in [0, 0.1) is 0 Å². The van der Waals surface area contributed by atoms with E-state index in [2.05, 4.69) is 15.0 Å². The van der Waals surface area contributed by atoms with Crippen molar-refractivity contribution < 1.29 is 9.84 Å². The number of hydrogen-bond acceptors (Lipinski definition) is 6. The fraction of sp³-hybridized carbons (Fsp3) is 0.769. The number of nitrogens with zero attached hydrogens (tertiary/aromatic N) is 4. The van der Waals surface area contributed by atoms with Gasteiger partial charge in [-0.25, -0.2) is 0 Å². The molecular formula is C13H21ClN4O2. The largest absolute Gasteiger partial charge is 0.463 e. The second kappa shape index (κ2) is 6.54. The van der Waals surface area contributed by atoms with Crippen LogP contribution in [0.4, 0.5) is 5.95 Å². The molecule has 0 unspecified atom stereocenters. The second-order valence-electron chi connectivity index (χ2n) is 5.32. The van der Waals surface area contributed by atoms with Crippen LogP contribution in [0.2, 0.25) is 5.28 Å². The molecular weight excluding hydrogens is 280 g/mol. The van der Waals surface area contributed by atoms with Crippen LogP contribution in [0.3, 0.4) is 0 Å². The highest BCUT2D eigenvalue weighted by molar-refractivity contribution is 6.28. The van der Waals surface area contributed by atoms with E-state index >= 15 is 0 Å². The third kappa shape index (κ3) is 3.93. The first-order valence-corrected chi connectivity index (χ1v) is 7.38. The van der Waals surface area contributed by atoms with Crippen LogP contribution in [0.1, 0.15) is 39.0 Å².